The van der Waals surface area contributed by atoms with Crippen LogP contribution in [-0.4, -0.2) is 6.61 Å². The van der Waals surface area contributed by atoms with Gasteiger partial charge in [0.25, 0.3) is 0 Å². The highest BCUT2D eigenvalue weighted by Crippen LogP contribution is 2.14. The van der Waals surface area contributed by atoms with E-state index in [1.807, 2.05) is 24.3 Å². The summed E-state index contributed by atoms with van der Waals surface area (Å²) in [7, 11) is 0. The lowest BCUT2D eigenvalue weighted by Gasteiger charge is -2.08. The Morgan fingerprint density at radius 2 is 1.82 bits per heavy atom. The molecule has 0 saturated heterocycles. The maximum Gasteiger partial charge on any atom is 0.123 e. The lowest BCUT2D eigenvalue weighted by molar-refractivity contribution is 0.312. The lowest BCUT2D eigenvalue weighted by Crippen LogP contribution is -2.12. The fraction of sp³-hybridized carbons (Fsp3) is 0.278. The smallest absolute Gasteiger partial charge is 0.123 e. The number of nitrogens with zero attached hydrogens (tertiary/aromatic N) is 1. The Kier molecular flexibility index (Phi) is 6.40. The van der Waals surface area contributed by atoms with E-state index in [2.05, 4.69) is 11.4 Å². The van der Waals surface area contributed by atoms with Crippen LogP contribution in [0.2, 0.25) is 0 Å². The largest absolute Gasteiger partial charge is 0.494 e. The molecule has 1 N–H and O–H groups in total. The molecule has 0 aliphatic heterocycles. The molecule has 0 radical (unpaired) electrons. The van der Waals surface area contributed by atoms with E-state index in [9.17, 15) is 4.39 Å². The van der Waals surface area contributed by atoms with Gasteiger partial charge in [0.05, 0.1) is 12.7 Å². The maximum absolute atomic E-state index is 12.8. The first-order chi connectivity index (χ1) is 10.8. The number of hydrogen-bond acceptors (Lipinski definition) is 3. The lowest BCUT2D eigenvalue weighted by atomic mass is 10.2. The van der Waals surface area contributed by atoms with E-state index in [4.69, 9.17) is 10.00 Å². The number of halogens is 1. The highest BCUT2D eigenvalue weighted by molar-refractivity contribution is 5.28. The fourth-order valence-electron chi connectivity index (χ4n) is 2.04. The van der Waals surface area contributed by atoms with Crippen molar-refractivity contribution in [2.45, 2.75) is 25.9 Å². The molecule has 0 heterocycles. The minimum atomic E-state index is -0.218. The van der Waals surface area contributed by atoms with E-state index in [1.54, 1.807) is 12.1 Å². The molecule has 0 spiro atoms. The van der Waals surface area contributed by atoms with Crippen molar-refractivity contribution in [2.24, 2.45) is 0 Å². The number of benzene rings is 2. The van der Waals surface area contributed by atoms with Gasteiger partial charge >= 0.3 is 0 Å². The average molecular weight is 298 g/mol. The molecule has 4 heteroatoms. The Hall–Kier alpha value is -2.38. The second-order valence-electron chi connectivity index (χ2n) is 4.99. The number of nitriles is 1. The van der Waals surface area contributed by atoms with Crippen molar-refractivity contribution >= 4 is 0 Å². The van der Waals surface area contributed by atoms with Gasteiger partial charge in [-0.25, -0.2) is 4.39 Å². The Labute approximate surface area is 130 Å². The molecule has 114 valence electrons. The predicted octanol–water partition coefficient (Wildman–Crippen LogP) is 3.80. The van der Waals surface area contributed by atoms with E-state index in [0.717, 1.165) is 23.3 Å². The maximum atomic E-state index is 12.8. The van der Waals surface area contributed by atoms with Crippen molar-refractivity contribution in [3.05, 3.63) is 65.5 Å². The molecule has 0 atom stereocenters. The van der Waals surface area contributed by atoms with Crippen LogP contribution >= 0.6 is 0 Å². The number of hydrogen-bond donors (Lipinski definition) is 1. The zero-order valence-corrected chi connectivity index (χ0v) is 12.4. The molecule has 3 nitrogen and oxygen atoms in total. The molecule has 2 aromatic rings. The van der Waals surface area contributed by atoms with Gasteiger partial charge in [0.1, 0.15) is 11.6 Å². The van der Waals surface area contributed by atoms with Gasteiger partial charge in [-0.3, -0.25) is 0 Å². The van der Waals surface area contributed by atoms with Gasteiger partial charge in [0.2, 0.25) is 0 Å². The topological polar surface area (TPSA) is 45.0 Å². The standard InChI is InChI=1S/C18H19FN2O/c19-17-8-6-15(7-9-17)13-21-14-16-4-3-5-18(12-16)22-11-2-1-10-20/h3-9,12,21H,1-2,11,13-14H2. The van der Waals surface area contributed by atoms with Crippen molar-refractivity contribution < 1.29 is 9.13 Å². The van der Waals surface area contributed by atoms with Crippen molar-refractivity contribution in [2.75, 3.05) is 6.61 Å². The Bertz CT molecular complexity index is 620. The van der Waals surface area contributed by atoms with Crippen molar-refractivity contribution in [1.82, 2.24) is 5.32 Å². The molecule has 0 aliphatic carbocycles. The van der Waals surface area contributed by atoms with Gasteiger partial charge in [0.15, 0.2) is 0 Å². The number of rotatable bonds is 8. The molecule has 22 heavy (non-hydrogen) atoms. The fourth-order valence-corrected chi connectivity index (χ4v) is 2.04. The highest BCUT2D eigenvalue weighted by atomic mass is 19.1. The van der Waals surface area contributed by atoms with Gasteiger partial charge < -0.3 is 10.1 Å². The van der Waals surface area contributed by atoms with Gasteiger partial charge in [-0.1, -0.05) is 24.3 Å². The first-order valence-corrected chi connectivity index (χ1v) is 7.32. The summed E-state index contributed by atoms with van der Waals surface area (Å²) in [6, 6.07) is 16.5. The minimum absolute atomic E-state index is 0.218. The number of ether oxygens (including phenoxy) is 1. The summed E-state index contributed by atoms with van der Waals surface area (Å²) in [5, 5.41) is 11.8. The van der Waals surface area contributed by atoms with E-state index in [0.29, 0.717) is 26.1 Å². The van der Waals surface area contributed by atoms with Crippen molar-refractivity contribution in [3.63, 3.8) is 0 Å². The Morgan fingerprint density at radius 3 is 2.59 bits per heavy atom. The summed E-state index contributed by atoms with van der Waals surface area (Å²) in [4.78, 5) is 0. The van der Waals surface area contributed by atoms with Crippen LogP contribution in [0.3, 0.4) is 0 Å². The van der Waals surface area contributed by atoms with Crippen LogP contribution in [0.5, 0.6) is 5.75 Å². The number of unbranched alkanes of at least 4 members (excludes halogenated alkanes) is 1. The van der Waals surface area contributed by atoms with Gasteiger partial charge in [0, 0.05) is 19.5 Å². The van der Waals surface area contributed by atoms with Gasteiger partial charge in [-0.05, 0) is 41.8 Å². The Morgan fingerprint density at radius 1 is 1.05 bits per heavy atom. The zero-order valence-electron chi connectivity index (χ0n) is 12.4. The first kappa shape index (κ1) is 16.0. The second kappa shape index (κ2) is 8.81. The van der Waals surface area contributed by atoms with Crippen LogP contribution < -0.4 is 10.1 Å². The van der Waals surface area contributed by atoms with Crippen LogP contribution in [0.25, 0.3) is 0 Å². The molecule has 0 fully saturated rings. The molecule has 2 rings (SSSR count). The molecule has 0 amide bonds. The molecule has 0 aromatic heterocycles. The molecule has 0 aliphatic rings. The summed E-state index contributed by atoms with van der Waals surface area (Å²) in [6.45, 7) is 1.96. The van der Waals surface area contributed by atoms with Gasteiger partial charge in [-0.15, -0.1) is 0 Å². The Balaban J connectivity index is 1.77. The monoisotopic (exact) mass is 298 g/mol. The van der Waals surface area contributed by atoms with Crippen LogP contribution in [0.1, 0.15) is 24.0 Å². The quantitative estimate of drug-likeness (QED) is 0.754. The average Bonchev–Trinajstić information content (AvgIpc) is 2.54. The highest BCUT2D eigenvalue weighted by Gasteiger charge is 1.98. The molecule has 0 unspecified atom stereocenters. The molecule has 2 aromatic carbocycles. The summed E-state index contributed by atoms with van der Waals surface area (Å²) < 4.78 is 18.4. The third-order valence-corrected chi connectivity index (χ3v) is 3.17. The van der Waals surface area contributed by atoms with Crippen LogP contribution in [-0.2, 0) is 13.1 Å². The predicted molar refractivity (Wildman–Crippen MR) is 83.7 cm³/mol. The summed E-state index contributed by atoms with van der Waals surface area (Å²) in [5.74, 6) is 0.601. The summed E-state index contributed by atoms with van der Waals surface area (Å²) >= 11 is 0. The molecular formula is C18H19FN2O. The van der Waals surface area contributed by atoms with E-state index in [-0.39, 0.29) is 5.82 Å². The molecular weight excluding hydrogens is 279 g/mol. The third kappa shape index (κ3) is 5.55. The third-order valence-electron chi connectivity index (χ3n) is 3.17. The van der Waals surface area contributed by atoms with Crippen molar-refractivity contribution in [1.29, 1.82) is 5.26 Å². The number of nitrogens with one attached hydrogen (secondary N) is 1. The van der Waals surface area contributed by atoms with E-state index < -0.39 is 0 Å². The van der Waals surface area contributed by atoms with Crippen LogP contribution in [0.15, 0.2) is 48.5 Å². The van der Waals surface area contributed by atoms with E-state index >= 15 is 0 Å². The van der Waals surface area contributed by atoms with Crippen molar-refractivity contribution in [3.8, 4) is 11.8 Å². The van der Waals surface area contributed by atoms with Crippen LogP contribution in [0, 0.1) is 17.1 Å². The first-order valence-electron chi connectivity index (χ1n) is 7.32. The van der Waals surface area contributed by atoms with Crippen LogP contribution in [0.4, 0.5) is 4.39 Å². The summed E-state index contributed by atoms with van der Waals surface area (Å²) in [6.07, 6.45) is 1.25. The second-order valence-corrected chi connectivity index (χ2v) is 4.99. The van der Waals surface area contributed by atoms with Gasteiger partial charge in [-0.2, -0.15) is 5.26 Å². The minimum Gasteiger partial charge on any atom is -0.494 e. The zero-order chi connectivity index (χ0) is 15.6. The SMILES string of the molecule is N#CCCCOc1cccc(CNCc2ccc(F)cc2)c1. The summed E-state index contributed by atoms with van der Waals surface area (Å²) in [5.41, 5.74) is 2.17. The van der Waals surface area contributed by atoms with E-state index in [1.165, 1.54) is 12.1 Å². The molecule has 0 bridgehead atoms. The molecule has 0 saturated carbocycles. The normalized spacial score (nSPS) is 10.2.